The molecule has 1 fully saturated rings. The molecule has 0 aliphatic carbocycles. The SMILES string of the molecule is O=C([C@@H](CNC1COC1)c1ccccc1)N1CC2=C(CN(Sc3ccc4c(c3)OCCO4)C2)C1. The van der Waals surface area contributed by atoms with Crippen molar-refractivity contribution in [3.8, 4) is 11.5 Å². The van der Waals surface area contributed by atoms with Crippen molar-refractivity contribution >= 4 is 17.9 Å². The molecule has 1 atom stereocenters. The Balaban J connectivity index is 1.07. The lowest BCUT2D eigenvalue weighted by atomic mass is 9.97. The van der Waals surface area contributed by atoms with E-state index in [0.29, 0.717) is 25.8 Å². The Hall–Kier alpha value is -2.52. The highest BCUT2D eigenvalue weighted by atomic mass is 32.2. The summed E-state index contributed by atoms with van der Waals surface area (Å²) in [6, 6.07) is 16.6. The Morgan fingerprint density at radius 2 is 1.71 bits per heavy atom. The van der Waals surface area contributed by atoms with E-state index in [0.717, 1.165) is 61.4 Å². The van der Waals surface area contributed by atoms with Crippen molar-refractivity contribution in [2.45, 2.75) is 16.9 Å². The van der Waals surface area contributed by atoms with Crippen LogP contribution in [0.1, 0.15) is 11.5 Å². The van der Waals surface area contributed by atoms with Gasteiger partial charge < -0.3 is 24.4 Å². The fourth-order valence-corrected chi connectivity index (χ4v) is 5.91. The fourth-order valence-electron chi connectivity index (χ4n) is 4.89. The van der Waals surface area contributed by atoms with Crippen LogP contribution in [0.15, 0.2) is 64.6 Å². The van der Waals surface area contributed by atoms with Gasteiger partial charge in [-0.3, -0.25) is 4.79 Å². The fraction of sp³-hybridized carbons (Fsp3) is 0.423. The minimum atomic E-state index is -0.176. The number of fused-ring (bicyclic) bond motifs is 1. The zero-order valence-corrected chi connectivity index (χ0v) is 19.9. The zero-order chi connectivity index (χ0) is 22.9. The summed E-state index contributed by atoms with van der Waals surface area (Å²) in [4.78, 5) is 16.8. The summed E-state index contributed by atoms with van der Waals surface area (Å²) in [5.74, 6) is 1.67. The van der Waals surface area contributed by atoms with Crippen LogP contribution in [-0.4, -0.2) is 80.3 Å². The summed E-state index contributed by atoms with van der Waals surface area (Å²) in [7, 11) is 0. The number of ether oxygens (including phenoxy) is 3. The van der Waals surface area contributed by atoms with Gasteiger partial charge in [-0.05, 0) is 46.9 Å². The first-order valence-electron chi connectivity index (χ1n) is 11.9. The maximum Gasteiger partial charge on any atom is 0.231 e. The van der Waals surface area contributed by atoms with Crippen LogP contribution in [0.5, 0.6) is 11.5 Å². The third kappa shape index (κ3) is 4.55. The lowest BCUT2D eigenvalue weighted by Crippen LogP contribution is -2.49. The van der Waals surface area contributed by atoms with Crippen molar-refractivity contribution in [2.75, 3.05) is 59.2 Å². The standard InChI is InChI=1S/C26H29N3O4S/c30-26(23(11-27-21-16-31-17-21)18-4-2-1-3-5-18)28-12-19-14-29(15-20(19)13-28)34-22-6-7-24-25(10-22)33-9-8-32-24/h1-7,10,21,23,27H,8-9,11-17H2/t23-/m0/s1. The van der Waals surface area contributed by atoms with Gasteiger partial charge in [0.15, 0.2) is 11.5 Å². The molecule has 7 nitrogen and oxygen atoms in total. The highest BCUT2D eigenvalue weighted by Crippen LogP contribution is 2.38. The van der Waals surface area contributed by atoms with E-state index in [1.54, 1.807) is 11.9 Å². The lowest BCUT2D eigenvalue weighted by molar-refractivity contribution is -0.131. The van der Waals surface area contributed by atoms with Crippen LogP contribution in [-0.2, 0) is 9.53 Å². The summed E-state index contributed by atoms with van der Waals surface area (Å²) in [5, 5.41) is 3.51. The van der Waals surface area contributed by atoms with Crippen LogP contribution in [0.25, 0.3) is 0 Å². The molecule has 6 rings (SSSR count). The smallest absolute Gasteiger partial charge is 0.231 e. The quantitative estimate of drug-likeness (QED) is 0.484. The maximum absolute atomic E-state index is 13.6. The third-order valence-electron chi connectivity index (χ3n) is 6.81. The van der Waals surface area contributed by atoms with Crippen molar-refractivity contribution in [3.05, 3.63) is 65.2 Å². The molecule has 0 spiro atoms. The molecular formula is C26H29N3O4S. The van der Waals surface area contributed by atoms with Gasteiger partial charge in [0.2, 0.25) is 5.91 Å². The van der Waals surface area contributed by atoms with Gasteiger partial charge in [0, 0.05) is 37.6 Å². The van der Waals surface area contributed by atoms with Crippen LogP contribution < -0.4 is 14.8 Å². The Morgan fingerprint density at radius 3 is 2.41 bits per heavy atom. The van der Waals surface area contributed by atoms with E-state index in [-0.39, 0.29) is 11.8 Å². The average molecular weight is 480 g/mol. The predicted octanol–water partition coefficient (Wildman–Crippen LogP) is 2.69. The maximum atomic E-state index is 13.6. The van der Waals surface area contributed by atoms with E-state index >= 15 is 0 Å². The molecule has 4 aliphatic rings. The molecule has 4 aliphatic heterocycles. The number of amides is 1. The Bertz CT molecular complexity index is 1070. The molecule has 2 aromatic rings. The molecule has 1 amide bonds. The van der Waals surface area contributed by atoms with Gasteiger partial charge in [-0.25, -0.2) is 4.31 Å². The number of nitrogens with zero attached hydrogens (tertiary/aromatic N) is 2. The highest BCUT2D eigenvalue weighted by molar-refractivity contribution is 7.97. The predicted molar refractivity (Wildman–Crippen MR) is 130 cm³/mol. The molecule has 1 N–H and O–H groups in total. The van der Waals surface area contributed by atoms with E-state index in [1.165, 1.54) is 11.1 Å². The second-order valence-corrected chi connectivity index (χ2v) is 10.4. The van der Waals surface area contributed by atoms with Crippen LogP contribution in [0.2, 0.25) is 0 Å². The first-order valence-corrected chi connectivity index (χ1v) is 12.7. The van der Waals surface area contributed by atoms with Gasteiger partial charge in [-0.1, -0.05) is 30.3 Å². The second-order valence-electron chi connectivity index (χ2n) is 9.20. The summed E-state index contributed by atoms with van der Waals surface area (Å²) in [6.07, 6.45) is 0. The molecule has 178 valence electrons. The Morgan fingerprint density at radius 1 is 0.971 bits per heavy atom. The molecular weight excluding hydrogens is 450 g/mol. The van der Waals surface area contributed by atoms with E-state index in [1.807, 2.05) is 29.2 Å². The van der Waals surface area contributed by atoms with Crippen LogP contribution in [0, 0.1) is 0 Å². The number of nitrogens with one attached hydrogen (secondary N) is 1. The first kappa shape index (κ1) is 22.0. The van der Waals surface area contributed by atoms with E-state index in [2.05, 4.69) is 33.9 Å². The van der Waals surface area contributed by atoms with Crippen molar-refractivity contribution in [1.29, 1.82) is 0 Å². The Kier molecular flexibility index (Phi) is 6.22. The third-order valence-corrected chi connectivity index (χ3v) is 7.79. The monoisotopic (exact) mass is 479 g/mol. The number of carbonyl (C=O) groups is 1. The second kappa shape index (κ2) is 9.62. The molecule has 1 saturated heterocycles. The molecule has 0 aromatic heterocycles. The number of rotatable bonds is 7. The van der Waals surface area contributed by atoms with Gasteiger partial charge in [-0.15, -0.1) is 0 Å². The molecule has 4 heterocycles. The van der Waals surface area contributed by atoms with E-state index in [9.17, 15) is 4.79 Å². The van der Waals surface area contributed by atoms with Gasteiger partial charge in [0.25, 0.3) is 0 Å². The van der Waals surface area contributed by atoms with Crippen molar-refractivity contribution in [1.82, 2.24) is 14.5 Å². The largest absolute Gasteiger partial charge is 0.486 e. The van der Waals surface area contributed by atoms with Gasteiger partial charge in [0.05, 0.1) is 25.2 Å². The van der Waals surface area contributed by atoms with Crippen molar-refractivity contribution in [2.24, 2.45) is 0 Å². The highest BCUT2D eigenvalue weighted by Gasteiger charge is 2.36. The molecule has 0 unspecified atom stereocenters. The Labute approximate surface area is 204 Å². The first-order chi connectivity index (χ1) is 16.7. The van der Waals surface area contributed by atoms with E-state index < -0.39 is 0 Å². The van der Waals surface area contributed by atoms with Gasteiger partial charge >= 0.3 is 0 Å². The molecule has 0 bridgehead atoms. The van der Waals surface area contributed by atoms with Crippen LogP contribution in [0.3, 0.4) is 0 Å². The normalized spacial score (nSPS) is 20.9. The summed E-state index contributed by atoms with van der Waals surface area (Å²) >= 11 is 1.74. The lowest BCUT2D eigenvalue weighted by Gasteiger charge is -2.31. The average Bonchev–Trinajstić information content (AvgIpc) is 3.40. The van der Waals surface area contributed by atoms with Gasteiger partial charge in [0.1, 0.15) is 13.2 Å². The molecule has 34 heavy (non-hydrogen) atoms. The topological polar surface area (TPSA) is 63.3 Å². The van der Waals surface area contributed by atoms with Crippen molar-refractivity contribution < 1.29 is 19.0 Å². The molecule has 2 aromatic carbocycles. The number of benzene rings is 2. The summed E-state index contributed by atoms with van der Waals surface area (Å²) in [6.45, 7) is 6.51. The summed E-state index contributed by atoms with van der Waals surface area (Å²) in [5.41, 5.74) is 3.83. The zero-order valence-electron chi connectivity index (χ0n) is 19.1. The molecule has 8 heteroatoms. The summed E-state index contributed by atoms with van der Waals surface area (Å²) < 4.78 is 19.0. The van der Waals surface area contributed by atoms with E-state index in [4.69, 9.17) is 14.2 Å². The van der Waals surface area contributed by atoms with Crippen LogP contribution >= 0.6 is 11.9 Å². The number of carbonyl (C=O) groups excluding carboxylic acids is 1. The number of hydrogen-bond acceptors (Lipinski definition) is 7. The number of hydrogen-bond donors (Lipinski definition) is 1. The van der Waals surface area contributed by atoms with Crippen molar-refractivity contribution in [3.63, 3.8) is 0 Å². The van der Waals surface area contributed by atoms with Crippen LogP contribution in [0.4, 0.5) is 0 Å². The minimum absolute atomic E-state index is 0.176. The van der Waals surface area contributed by atoms with Gasteiger partial charge in [-0.2, -0.15) is 0 Å². The molecule has 0 radical (unpaired) electrons. The molecule has 0 saturated carbocycles. The minimum Gasteiger partial charge on any atom is -0.486 e.